The summed E-state index contributed by atoms with van der Waals surface area (Å²) in [6.07, 6.45) is 1.02. The molecular weight excluding hydrogens is 300 g/mol. The summed E-state index contributed by atoms with van der Waals surface area (Å²) < 4.78 is 2.30. The van der Waals surface area contributed by atoms with Gasteiger partial charge in [-0.25, -0.2) is 4.98 Å². The predicted octanol–water partition coefficient (Wildman–Crippen LogP) is 5.26. The maximum absolute atomic E-state index is 6.11. The van der Waals surface area contributed by atoms with Gasteiger partial charge in [-0.3, -0.25) is 0 Å². The molecule has 110 valence electrons. The van der Waals surface area contributed by atoms with E-state index >= 15 is 0 Å². The van der Waals surface area contributed by atoms with E-state index in [-0.39, 0.29) is 0 Å². The lowest BCUT2D eigenvalue weighted by atomic mass is 10.1. The summed E-state index contributed by atoms with van der Waals surface area (Å²) in [5, 5.41) is 0. The van der Waals surface area contributed by atoms with Gasteiger partial charge in [-0.15, -0.1) is 22.9 Å². The van der Waals surface area contributed by atoms with Gasteiger partial charge < -0.3 is 4.57 Å². The lowest BCUT2D eigenvalue weighted by Crippen LogP contribution is -2.10. The number of nitrogens with zero attached hydrogens (tertiary/aromatic N) is 2. The largest absolute Gasteiger partial charge is 0.324 e. The first-order chi connectivity index (χ1) is 10.1. The average molecular weight is 319 g/mol. The number of thiophene rings is 1. The molecule has 0 bridgehead atoms. The van der Waals surface area contributed by atoms with Crippen molar-refractivity contribution in [2.24, 2.45) is 0 Å². The van der Waals surface area contributed by atoms with Crippen molar-refractivity contribution in [3.05, 3.63) is 51.5 Å². The Labute approximate surface area is 134 Å². The lowest BCUT2D eigenvalue weighted by molar-refractivity contribution is 0.547. The van der Waals surface area contributed by atoms with Crippen LogP contribution in [0.25, 0.3) is 11.0 Å². The van der Waals surface area contributed by atoms with Crippen molar-refractivity contribution in [3.63, 3.8) is 0 Å². The molecule has 2 aromatic heterocycles. The zero-order valence-corrected chi connectivity index (χ0v) is 14.1. The fourth-order valence-corrected chi connectivity index (χ4v) is 4.02. The molecule has 3 aromatic rings. The molecule has 0 radical (unpaired) electrons. The second kappa shape index (κ2) is 5.82. The predicted molar refractivity (Wildman–Crippen MR) is 91.5 cm³/mol. The summed E-state index contributed by atoms with van der Waals surface area (Å²) in [5.41, 5.74) is 3.47. The Bertz CT molecular complexity index is 772. The molecule has 1 atom stereocenters. The van der Waals surface area contributed by atoms with Gasteiger partial charge in [0.1, 0.15) is 5.82 Å². The van der Waals surface area contributed by atoms with Crippen LogP contribution >= 0.6 is 22.9 Å². The van der Waals surface area contributed by atoms with Gasteiger partial charge in [0.15, 0.2) is 0 Å². The number of fused-ring (bicyclic) bond motifs is 1. The molecule has 0 saturated heterocycles. The number of aryl methyl sites for hydroxylation is 2. The van der Waals surface area contributed by atoms with Gasteiger partial charge in [0.25, 0.3) is 0 Å². The second-order valence-electron chi connectivity index (χ2n) is 5.59. The maximum atomic E-state index is 6.11. The zero-order valence-electron chi connectivity index (χ0n) is 12.6. The Balaban J connectivity index is 2.02. The number of halogens is 1. The number of imidazole rings is 1. The van der Waals surface area contributed by atoms with Gasteiger partial charge in [0.05, 0.1) is 16.9 Å². The first-order valence-electron chi connectivity index (χ1n) is 7.17. The average Bonchev–Trinajstić information content (AvgIpc) is 3.01. The highest BCUT2D eigenvalue weighted by Gasteiger charge is 2.16. The first kappa shape index (κ1) is 14.6. The normalized spacial score (nSPS) is 13.0. The molecule has 0 spiro atoms. The van der Waals surface area contributed by atoms with Crippen LogP contribution in [0.3, 0.4) is 0 Å². The van der Waals surface area contributed by atoms with E-state index in [0.717, 1.165) is 17.8 Å². The molecule has 1 unspecified atom stereocenters. The van der Waals surface area contributed by atoms with Crippen LogP contribution in [-0.2, 0) is 12.3 Å². The van der Waals surface area contributed by atoms with Crippen LogP contribution in [0.15, 0.2) is 30.3 Å². The SMILES string of the molecule is Cc1ccc2nc(CCl)n(C(C)Cc3ccc(C)s3)c2c1. The minimum Gasteiger partial charge on any atom is -0.324 e. The molecule has 0 amide bonds. The van der Waals surface area contributed by atoms with Crippen molar-refractivity contribution >= 4 is 34.0 Å². The van der Waals surface area contributed by atoms with E-state index in [1.54, 1.807) is 0 Å². The van der Waals surface area contributed by atoms with Gasteiger partial charge in [-0.2, -0.15) is 0 Å². The third kappa shape index (κ3) is 2.85. The molecule has 2 nitrogen and oxygen atoms in total. The Kier molecular flexibility index (Phi) is 4.05. The maximum Gasteiger partial charge on any atom is 0.125 e. The summed E-state index contributed by atoms with van der Waals surface area (Å²) in [7, 11) is 0. The Morgan fingerprint density at radius 1 is 1.24 bits per heavy atom. The van der Waals surface area contributed by atoms with E-state index in [4.69, 9.17) is 11.6 Å². The Morgan fingerprint density at radius 2 is 2.05 bits per heavy atom. The third-order valence-corrected chi connectivity index (χ3v) is 5.03. The Morgan fingerprint density at radius 3 is 2.71 bits per heavy atom. The van der Waals surface area contributed by atoms with E-state index in [1.165, 1.54) is 20.8 Å². The molecule has 2 heterocycles. The van der Waals surface area contributed by atoms with Crippen molar-refractivity contribution in [3.8, 4) is 0 Å². The van der Waals surface area contributed by atoms with E-state index in [0.29, 0.717) is 11.9 Å². The van der Waals surface area contributed by atoms with Crippen LogP contribution in [0, 0.1) is 13.8 Å². The van der Waals surface area contributed by atoms with Gasteiger partial charge in [-0.05, 0) is 50.6 Å². The molecule has 21 heavy (non-hydrogen) atoms. The molecule has 1 aromatic carbocycles. The number of hydrogen-bond donors (Lipinski definition) is 0. The number of benzene rings is 1. The molecular formula is C17H19ClN2S. The standard InChI is InChI=1S/C17H19ClN2S/c1-11-4-7-15-16(8-11)20(17(10-18)19-15)12(2)9-14-6-5-13(3)21-14/h4-8,12H,9-10H2,1-3H3. The topological polar surface area (TPSA) is 17.8 Å². The van der Waals surface area contributed by atoms with Crippen molar-refractivity contribution in [2.45, 2.75) is 39.1 Å². The quantitative estimate of drug-likeness (QED) is 0.600. The minimum absolute atomic E-state index is 0.351. The molecule has 0 aliphatic rings. The summed E-state index contributed by atoms with van der Waals surface area (Å²) in [6.45, 7) is 6.51. The smallest absolute Gasteiger partial charge is 0.125 e. The van der Waals surface area contributed by atoms with Crippen LogP contribution in [0.5, 0.6) is 0 Å². The zero-order chi connectivity index (χ0) is 15.0. The molecule has 4 heteroatoms. The van der Waals surface area contributed by atoms with Gasteiger partial charge >= 0.3 is 0 Å². The molecule has 0 fully saturated rings. The number of alkyl halides is 1. The van der Waals surface area contributed by atoms with E-state index in [1.807, 2.05) is 11.3 Å². The Hall–Kier alpha value is -1.32. The van der Waals surface area contributed by atoms with Gasteiger partial charge in [-0.1, -0.05) is 6.07 Å². The fourth-order valence-electron chi connectivity index (χ4n) is 2.82. The first-order valence-corrected chi connectivity index (χ1v) is 8.52. The highest BCUT2D eigenvalue weighted by atomic mass is 35.5. The van der Waals surface area contributed by atoms with E-state index < -0.39 is 0 Å². The van der Waals surface area contributed by atoms with Gasteiger partial charge in [0.2, 0.25) is 0 Å². The van der Waals surface area contributed by atoms with E-state index in [9.17, 15) is 0 Å². The summed E-state index contributed by atoms with van der Waals surface area (Å²) in [4.78, 5) is 7.45. The van der Waals surface area contributed by atoms with Crippen LogP contribution in [0.1, 0.15) is 34.1 Å². The van der Waals surface area contributed by atoms with Gasteiger partial charge in [0, 0.05) is 22.2 Å². The fraction of sp³-hybridized carbons (Fsp3) is 0.353. The molecule has 3 rings (SSSR count). The van der Waals surface area contributed by atoms with Crippen LogP contribution in [-0.4, -0.2) is 9.55 Å². The lowest BCUT2D eigenvalue weighted by Gasteiger charge is -2.16. The van der Waals surface area contributed by atoms with Crippen LogP contribution < -0.4 is 0 Å². The minimum atomic E-state index is 0.351. The van der Waals surface area contributed by atoms with Crippen molar-refractivity contribution in [2.75, 3.05) is 0 Å². The van der Waals surface area contributed by atoms with Crippen LogP contribution in [0.4, 0.5) is 0 Å². The molecule has 0 aliphatic heterocycles. The summed E-state index contributed by atoms with van der Waals surface area (Å²) >= 11 is 7.98. The summed E-state index contributed by atoms with van der Waals surface area (Å²) in [5.74, 6) is 1.40. The number of aromatic nitrogens is 2. The van der Waals surface area contributed by atoms with Crippen molar-refractivity contribution < 1.29 is 0 Å². The molecule has 0 N–H and O–H groups in total. The number of hydrogen-bond acceptors (Lipinski definition) is 2. The van der Waals surface area contributed by atoms with E-state index in [2.05, 4.69) is 60.7 Å². The second-order valence-corrected chi connectivity index (χ2v) is 7.23. The van der Waals surface area contributed by atoms with Crippen molar-refractivity contribution in [1.82, 2.24) is 9.55 Å². The van der Waals surface area contributed by atoms with Crippen LogP contribution in [0.2, 0.25) is 0 Å². The monoisotopic (exact) mass is 318 g/mol. The molecule has 0 aliphatic carbocycles. The third-order valence-electron chi connectivity index (χ3n) is 3.77. The highest BCUT2D eigenvalue weighted by molar-refractivity contribution is 7.11. The highest BCUT2D eigenvalue weighted by Crippen LogP contribution is 2.27. The van der Waals surface area contributed by atoms with Crippen molar-refractivity contribution in [1.29, 1.82) is 0 Å². The summed E-state index contributed by atoms with van der Waals surface area (Å²) in [6, 6.07) is 11.1. The number of rotatable bonds is 4. The molecule has 0 saturated carbocycles.